The third-order valence-corrected chi connectivity index (χ3v) is 3.03. The average molecular weight is 365 g/mol. The summed E-state index contributed by atoms with van der Waals surface area (Å²) in [5.41, 5.74) is 1.17. The fraction of sp³-hybridized carbons (Fsp3) is 0. The van der Waals surface area contributed by atoms with E-state index in [2.05, 4.69) is 43.0 Å². The Morgan fingerprint density at radius 2 is 2.21 bits per heavy atom. The lowest BCUT2D eigenvalue weighted by Crippen LogP contribution is -2.12. The molecule has 0 saturated carbocycles. The molecule has 7 heteroatoms. The summed E-state index contributed by atoms with van der Waals surface area (Å²) >= 11 is 2.12. The molecular formula is C12H8IN5O. The third-order valence-electron chi connectivity index (χ3n) is 2.45. The summed E-state index contributed by atoms with van der Waals surface area (Å²) in [4.78, 5) is 20.1. The van der Waals surface area contributed by atoms with E-state index in [1.807, 2.05) is 12.1 Å². The number of pyridine rings is 1. The summed E-state index contributed by atoms with van der Waals surface area (Å²) in [7, 11) is 0. The van der Waals surface area contributed by atoms with Crippen molar-refractivity contribution in [3.8, 4) is 0 Å². The minimum absolute atomic E-state index is 0.244. The second-order valence-electron chi connectivity index (χ2n) is 3.78. The van der Waals surface area contributed by atoms with E-state index in [1.165, 1.54) is 6.20 Å². The Morgan fingerprint density at radius 3 is 3.00 bits per heavy atom. The SMILES string of the molecule is O=C(Nc1cn2nc(I)ccc2n1)c1cccnc1. The molecule has 1 N–H and O–H groups in total. The van der Waals surface area contributed by atoms with Crippen LogP contribution in [0.25, 0.3) is 5.65 Å². The lowest BCUT2D eigenvalue weighted by molar-refractivity contribution is 0.102. The summed E-state index contributed by atoms with van der Waals surface area (Å²) in [5, 5.41) is 6.97. The molecule has 0 aliphatic rings. The maximum absolute atomic E-state index is 11.9. The number of carbonyl (C=O) groups is 1. The summed E-state index contributed by atoms with van der Waals surface area (Å²) in [6.45, 7) is 0. The zero-order valence-electron chi connectivity index (χ0n) is 9.62. The predicted octanol–water partition coefficient (Wildman–Crippen LogP) is 1.98. The number of aromatic nitrogens is 4. The zero-order valence-corrected chi connectivity index (χ0v) is 11.8. The molecule has 0 fully saturated rings. The van der Waals surface area contributed by atoms with Gasteiger partial charge in [-0.25, -0.2) is 9.50 Å². The lowest BCUT2D eigenvalue weighted by atomic mass is 10.3. The molecule has 0 radical (unpaired) electrons. The van der Waals surface area contributed by atoms with Gasteiger partial charge in [0.05, 0.1) is 11.8 Å². The van der Waals surface area contributed by atoms with Gasteiger partial charge < -0.3 is 5.32 Å². The second kappa shape index (κ2) is 4.92. The molecule has 94 valence electrons. The van der Waals surface area contributed by atoms with Gasteiger partial charge in [0, 0.05) is 12.4 Å². The first-order valence-electron chi connectivity index (χ1n) is 5.46. The molecule has 1 amide bonds. The fourth-order valence-electron chi connectivity index (χ4n) is 1.60. The largest absolute Gasteiger partial charge is 0.305 e. The number of halogens is 1. The number of nitrogens with one attached hydrogen (secondary N) is 1. The molecule has 0 aliphatic heterocycles. The number of nitrogens with zero attached hydrogens (tertiary/aromatic N) is 4. The van der Waals surface area contributed by atoms with Crippen LogP contribution in [0.3, 0.4) is 0 Å². The minimum atomic E-state index is -0.244. The summed E-state index contributed by atoms with van der Waals surface area (Å²) in [6, 6.07) is 7.10. The van der Waals surface area contributed by atoms with Gasteiger partial charge in [-0.3, -0.25) is 9.78 Å². The highest BCUT2D eigenvalue weighted by Crippen LogP contribution is 2.11. The van der Waals surface area contributed by atoms with Crippen molar-refractivity contribution in [1.82, 2.24) is 19.6 Å². The average Bonchev–Trinajstić information content (AvgIpc) is 2.81. The van der Waals surface area contributed by atoms with Gasteiger partial charge in [0.1, 0.15) is 3.70 Å². The van der Waals surface area contributed by atoms with Crippen LogP contribution >= 0.6 is 22.6 Å². The summed E-state index contributed by atoms with van der Waals surface area (Å²) < 4.78 is 2.48. The Balaban J connectivity index is 1.87. The number of imidazole rings is 1. The Morgan fingerprint density at radius 1 is 1.32 bits per heavy atom. The van der Waals surface area contributed by atoms with Gasteiger partial charge in [0.15, 0.2) is 11.5 Å². The molecule has 0 aliphatic carbocycles. The van der Waals surface area contributed by atoms with Crippen molar-refractivity contribution >= 4 is 40.0 Å². The van der Waals surface area contributed by atoms with Crippen LogP contribution in [-0.2, 0) is 0 Å². The number of fused-ring (bicyclic) bond motifs is 1. The van der Waals surface area contributed by atoms with Crippen LogP contribution in [0, 0.1) is 3.70 Å². The maximum atomic E-state index is 11.9. The summed E-state index contributed by atoms with van der Waals surface area (Å²) in [6.07, 6.45) is 4.80. The van der Waals surface area contributed by atoms with Crippen molar-refractivity contribution in [2.45, 2.75) is 0 Å². The van der Waals surface area contributed by atoms with Crippen LogP contribution in [0.5, 0.6) is 0 Å². The molecular weight excluding hydrogens is 357 g/mol. The highest BCUT2D eigenvalue weighted by molar-refractivity contribution is 14.1. The molecule has 19 heavy (non-hydrogen) atoms. The molecule has 3 heterocycles. The monoisotopic (exact) mass is 365 g/mol. The van der Waals surface area contributed by atoms with Crippen molar-refractivity contribution < 1.29 is 4.79 Å². The van der Waals surface area contributed by atoms with Crippen molar-refractivity contribution in [3.63, 3.8) is 0 Å². The molecule has 6 nitrogen and oxygen atoms in total. The standard InChI is InChI=1S/C12H8IN5O/c13-9-3-4-11-15-10(7-18(11)17-9)16-12(19)8-2-1-5-14-6-8/h1-7H,(H,16,19). The van der Waals surface area contributed by atoms with Crippen LogP contribution in [-0.4, -0.2) is 25.5 Å². The highest BCUT2D eigenvalue weighted by atomic mass is 127. The lowest BCUT2D eigenvalue weighted by Gasteiger charge is -1.99. The van der Waals surface area contributed by atoms with Crippen molar-refractivity contribution in [1.29, 1.82) is 0 Å². The molecule has 3 aromatic heterocycles. The van der Waals surface area contributed by atoms with Crippen LogP contribution in [0.1, 0.15) is 10.4 Å². The van der Waals surface area contributed by atoms with Crippen LogP contribution in [0.15, 0.2) is 42.9 Å². The Hall–Kier alpha value is -2.03. The van der Waals surface area contributed by atoms with Gasteiger partial charge in [0.25, 0.3) is 5.91 Å². The zero-order chi connectivity index (χ0) is 13.2. The first kappa shape index (κ1) is 12.0. The Bertz CT molecular complexity index is 740. The highest BCUT2D eigenvalue weighted by Gasteiger charge is 2.09. The van der Waals surface area contributed by atoms with E-state index in [0.717, 1.165) is 3.70 Å². The van der Waals surface area contributed by atoms with Crippen molar-refractivity contribution in [2.75, 3.05) is 5.32 Å². The molecule has 0 saturated heterocycles. The second-order valence-corrected chi connectivity index (χ2v) is 4.89. The first-order chi connectivity index (χ1) is 9.22. The molecule has 0 bridgehead atoms. The first-order valence-corrected chi connectivity index (χ1v) is 6.53. The van der Waals surface area contributed by atoms with E-state index < -0.39 is 0 Å². The molecule has 0 aromatic carbocycles. The van der Waals surface area contributed by atoms with Gasteiger partial charge in [-0.05, 0) is 46.9 Å². The third kappa shape index (κ3) is 2.55. The summed E-state index contributed by atoms with van der Waals surface area (Å²) in [5.74, 6) is 0.217. The number of hydrogen-bond acceptors (Lipinski definition) is 4. The van der Waals surface area contributed by atoms with E-state index in [0.29, 0.717) is 17.0 Å². The van der Waals surface area contributed by atoms with E-state index in [4.69, 9.17) is 0 Å². The van der Waals surface area contributed by atoms with Gasteiger partial charge in [-0.2, -0.15) is 5.10 Å². The predicted molar refractivity (Wildman–Crippen MR) is 77.9 cm³/mol. The minimum Gasteiger partial charge on any atom is -0.305 e. The number of rotatable bonds is 2. The number of anilines is 1. The smallest absolute Gasteiger partial charge is 0.258 e. The number of hydrogen-bond donors (Lipinski definition) is 1. The van der Waals surface area contributed by atoms with E-state index in [1.54, 1.807) is 29.0 Å². The molecule has 0 unspecified atom stereocenters. The van der Waals surface area contributed by atoms with Crippen LogP contribution in [0.4, 0.5) is 5.82 Å². The van der Waals surface area contributed by atoms with E-state index in [9.17, 15) is 4.79 Å². The molecule has 3 aromatic rings. The Kier molecular flexibility index (Phi) is 3.11. The number of carbonyl (C=O) groups excluding carboxylic acids is 1. The van der Waals surface area contributed by atoms with Gasteiger partial charge in [-0.15, -0.1) is 0 Å². The molecule has 0 atom stereocenters. The van der Waals surface area contributed by atoms with Gasteiger partial charge in [0.2, 0.25) is 0 Å². The molecule has 0 spiro atoms. The topological polar surface area (TPSA) is 72.2 Å². The quantitative estimate of drug-likeness (QED) is 0.705. The fourth-order valence-corrected chi connectivity index (χ4v) is 2.02. The van der Waals surface area contributed by atoms with Crippen molar-refractivity contribution in [3.05, 3.63) is 52.1 Å². The normalized spacial score (nSPS) is 10.6. The van der Waals surface area contributed by atoms with Gasteiger partial charge >= 0.3 is 0 Å². The Labute approximate surface area is 122 Å². The van der Waals surface area contributed by atoms with E-state index >= 15 is 0 Å². The molecule has 3 rings (SSSR count). The van der Waals surface area contributed by atoms with Crippen molar-refractivity contribution in [2.24, 2.45) is 0 Å². The number of amides is 1. The van der Waals surface area contributed by atoms with E-state index in [-0.39, 0.29) is 5.91 Å². The van der Waals surface area contributed by atoms with Crippen LogP contribution in [0.2, 0.25) is 0 Å². The maximum Gasteiger partial charge on any atom is 0.258 e. The van der Waals surface area contributed by atoms with Gasteiger partial charge in [-0.1, -0.05) is 0 Å². The van der Waals surface area contributed by atoms with Crippen LogP contribution < -0.4 is 5.32 Å².